The number of allylic oxidation sites excluding steroid dienone is 2. The van der Waals surface area contributed by atoms with Crippen molar-refractivity contribution >= 4 is 23.2 Å². The first-order valence-corrected chi connectivity index (χ1v) is 8.31. The van der Waals surface area contributed by atoms with Crippen LogP contribution in [0.4, 0.5) is 0 Å². The number of aryl methyl sites for hydroxylation is 1. The Balaban J connectivity index is 1.81. The number of hydrogen-bond acceptors (Lipinski definition) is 4. The molecule has 2 aromatic rings. The maximum atomic E-state index is 12.4. The lowest BCUT2D eigenvalue weighted by atomic mass is 10.1. The minimum atomic E-state index is -0.0800. The third kappa shape index (κ3) is 3.37. The Hall–Kier alpha value is -2.33. The van der Waals surface area contributed by atoms with Gasteiger partial charge in [0.05, 0.1) is 5.56 Å². The Morgan fingerprint density at radius 3 is 2.83 bits per heavy atom. The van der Waals surface area contributed by atoms with Crippen LogP contribution in [-0.4, -0.2) is 12.4 Å². The lowest BCUT2D eigenvalue weighted by Crippen LogP contribution is -1.97. The van der Waals surface area contributed by atoms with Crippen molar-refractivity contribution in [2.75, 3.05) is 6.61 Å². The van der Waals surface area contributed by atoms with Crippen LogP contribution < -0.4 is 9.47 Å². The van der Waals surface area contributed by atoms with Crippen LogP contribution in [0.15, 0.2) is 47.1 Å². The number of rotatable bonds is 4. The van der Waals surface area contributed by atoms with E-state index in [1.165, 1.54) is 5.57 Å². The average molecular weight is 326 g/mol. The van der Waals surface area contributed by atoms with Gasteiger partial charge in [-0.2, -0.15) is 0 Å². The molecule has 0 fully saturated rings. The molecule has 0 saturated carbocycles. The maximum Gasteiger partial charge on any atom is 0.232 e. The summed E-state index contributed by atoms with van der Waals surface area (Å²) in [6, 6.07) is 7.36. The SMILES string of the molecule is CC(C)=CCOc1ccc2c(c1)OC(=Cc1sccc1C)C2=O. The van der Waals surface area contributed by atoms with E-state index >= 15 is 0 Å². The summed E-state index contributed by atoms with van der Waals surface area (Å²) in [6.07, 6.45) is 3.82. The quantitative estimate of drug-likeness (QED) is 0.585. The molecule has 0 unspecified atom stereocenters. The molecular formula is C19H18O3S. The first-order valence-electron chi connectivity index (χ1n) is 7.43. The molecule has 118 valence electrons. The molecule has 1 aliphatic rings. The van der Waals surface area contributed by atoms with Crippen LogP contribution in [0.2, 0.25) is 0 Å². The maximum absolute atomic E-state index is 12.4. The molecule has 0 amide bonds. The third-order valence-corrected chi connectivity index (χ3v) is 4.51. The highest BCUT2D eigenvalue weighted by molar-refractivity contribution is 7.11. The molecule has 0 spiro atoms. The Morgan fingerprint density at radius 2 is 2.13 bits per heavy atom. The van der Waals surface area contributed by atoms with E-state index in [-0.39, 0.29) is 5.78 Å². The fraction of sp³-hybridized carbons (Fsp3) is 0.211. The molecule has 0 saturated heterocycles. The van der Waals surface area contributed by atoms with Crippen LogP contribution in [0, 0.1) is 6.92 Å². The second kappa shape index (κ2) is 6.42. The van der Waals surface area contributed by atoms with Crippen LogP contribution in [-0.2, 0) is 0 Å². The number of hydrogen-bond donors (Lipinski definition) is 0. The number of carbonyl (C=O) groups is 1. The molecule has 3 nitrogen and oxygen atoms in total. The zero-order chi connectivity index (χ0) is 16.4. The van der Waals surface area contributed by atoms with Crippen LogP contribution in [0.5, 0.6) is 11.5 Å². The zero-order valence-electron chi connectivity index (χ0n) is 13.4. The van der Waals surface area contributed by atoms with E-state index in [2.05, 4.69) is 0 Å². The molecule has 3 rings (SSSR count). The van der Waals surface area contributed by atoms with Crippen molar-refractivity contribution in [2.24, 2.45) is 0 Å². The van der Waals surface area contributed by atoms with Gasteiger partial charge in [0.25, 0.3) is 0 Å². The smallest absolute Gasteiger partial charge is 0.232 e. The van der Waals surface area contributed by atoms with Gasteiger partial charge in [-0.1, -0.05) is 5.57 Å². The normalized spacial score (nSPS) is 14.6. The van der Waals surface area contributed by atoms with E-state index in [0.29, 0.717) is 29.4 Å². The summed E-state index contributed by atoms with van der Waals surface area (Å²) < 4.78 is 11.4. The largest absolute Gasteiger partial charge is 0.489 e. The molecule has 2 heterocycles. The number of thiophene rings is 1. The van der Waals surface area contributed by atoms with Crippen molar-refractivity contribution in [1.29, 1.82) is 0 Å². The van der Waals surface area contributed by atoms with Gasteiger partial charge in [-0.3, -0.25) is 4.79 Å². The number of benzene rings is 1. The third-order valence-electron chi connectivity index (χ3n) is 3.55. The van der Waals surface area contributed by atoms with E-state index in [0.717, 1.165) is 10.4 Å². The molecule has 4 heteroatoms. The number of ether oxygens (including phenoxy) is 2. The highest BCUT2D eigenvalue weighted by atomic mass is 32.1. The van der Waals surface area contributed by atoms with Crippen LogP contribution in [0.3, 0.4) is 0 Å². The highest BCUT2D eigenvalue weighted by Gasteiger charge is 2.28. The van der Waals surface area contributed by atoms with Gasteiger partial charge in [-0.15, -0.1) is 11.3 Å². The first kappa shape index (κ1) is 15.6. The van der Waals surface area contributed by atoms with Crippen molar-refractivity contribution in [3.05, 3.63) is 63.1 Å². The molecule has 1 aromatic carbocycles. The number of ketones is 1. The van der Waals surface area contributed by atoms with Gasteiger partial charge in [0.2, 0.25) is 5.78 Å². The zero-order valence-corrected chi connectivity index (χ0v) is 14.2. The van der Waals surface area contributed by atoms with Crippen molar-refractivity contribution in [3.8, 4) is 11.5 Å². The summed E-state index contributed by atoms with van der Waals surface area (Å²) in [5, 5.41) is 2.00. The average Bonchev–Trinajstić information content (AvgIpc) is 3.04. The van der Waals surface area contributed by atoms with E-state index in [9.17, 15) is 4.79 Å². The van der Waals surface area contributed by atoms with Crippen molar-refractivity contribution in [3.63, 3.8) is 0 Å². The summed E-state index contributed by atoms with van der Waals surface area (Å²) in [5.74, 6) is 1.54. The fourth-order valence-corrected chi connectivity index (χ4v) is 3.06. The lowest BCUT2D eigenvalue weighted by molar-refractivity contribution is 0.101. The molecule has 0 aliphatic carbocycles. The topological polar surface area (TPSA) is 35.5 Å². The standard InChI is InChI=1S/C19H18O3S/c1-12(2)6-8-21-14-4-5-15-16(10-14)22-17(19(15)20)11-18-13(3)7-9-23-18/h4-7,9-11H,8H2,1-3H3. The molecule has 1 aliphatic heterocycles. The summed E-state index contributed by atoms with van der Waals surface area (Å²) in [7, 11) is 0. The Kier molecular flexibility index (Phi) is 4.35. The minimum Gasteiger partial charge on any atom is -0.489 e. The minimum absolute atomic E-state index is 0.0800. The Labute approximate surface area is 139 Å². The van der Waals surface area contributed by atoms with E-state index in [1.807, 2.05) is 44.4 Å². The van der Waals surface area contributed by atoms with Gasteiger partial charge < -0.3 is 9.47 Å². The Morgan fingerprint density at radius 1 is 1.30 bits per heavy atom. The lowest BCUT2D eigenvalue weighted by Gasteiger charge is -2.05. The van der Waals surface area contributed by atoms with Gasteiger partial charge in [-0.25, -0.2) is 0 Å². The molecule has 1 aromatic heterocycles. The van der Waals surface area contributed by atoms with E-state index in [1.54, 1.807) is 29.5 Å². The second-order valence-electron chi connectivity index (χ2n) is 5.66. The van der Waals surface area contributed by atoms with Gasteiger partial charge >= 0.3 is 0 Å². The summed E-state index contributed by atoms with van der Waals surface area (Å²) in [5.41, 5.74) is 2.93. The second-order valence-corrected chi connectivity index (χ2v) is 6.61. The van der Waals surface area contributed by atoms with Crippen LogP contribution >= 0.6 is 11.3 Å². The number of Topliss-reactive ketones (excluding diaryl/α,β-unsaturated/α-hetero) is 1. The Bertz CT molecular complexity index is 808. The van der Waals surface area contributed by atoms with Crippen molar-refractivity contribution < 1.29 is 14.3 Å². The monoisotopic (exact) mass is 326 g/mol. The van der Waals surface area contributed by atoms with E-state index < -0.39 is 0 Å². The molecular weight excluding hydrogens is 308 g/mol. The van der Waals surface area contributed by atoms with Gasteiger partial charge in [-0.05, 0) is 56.0 Å². The summed E-state index contributed by atoms with van der Waals surface area (Å²) >= 11 is 1.59. The predicted molar refractivity (Wildman–Crippen MR) is 93.4 cm³/mol. The summed E-state index contributed by atoms with van der Waals surface area (Å²) in [6.45, 7) is 6.58. The number of fused-ring (bicyclic) bond motifs is 1. The summed E-state index contributed by atoms with van der Waals surface area (Å²) in [4.78, 5) is 13.5. The molecule has 0 N–H and O–H groups in total. The fourth-order valence-electron chi connectivity index (χ4n) is 2.21. The first-order chi connectivity index (χ1) is 11.0. The number of carbonyl (C=O) groups excluding carboxylic acids is 1. The van der Waals surface area contributed by atoms with Crippen molar-refractivity contribution in [1.82, 2.24) is 0 Å². The van der Waals surface area contributed by atoms with Crippen LogP contribution in [0.25, 0.3) is 6.08 Å². The molecule has 0 radical (unpaired) electrons. The molecule has 23 heavy (non-hydrogen) atoms. The van der Waals surface area contributed by atoms with Crippen molar-refractivity contribution in [2.45, 2.75) is 20.8 Å². The molecule has 0 atom stereocenters. The van der Waals surface area contributed by atoms with Gasteiger partial charge in [0.15, 0.2) is 5.76 Å². The highest BCUT2D eigenvalue weighted by Crippen LogP contribution is 2.35. The molecule has 0 bridgehead atoms. The van der Waals surface area contributed by atoms with Gasteiger partial charge in [0.1, 0.15) is 18.1 Å². The van der Waals surface area contributed by atoms with E-state index in [4.69, 9.17) is 9.47 Å². The predicted octanol–water partition coefficient (Wildman–Crippen LogP) is 5.02. The van der Waals surface area contributed by atoms with Gasteiger partial charge in [0, 0.05) is 17.0 Å². The van der Waals surface area contributed by atoms with Crippen LogP contribution in [0.1, 0.15) is 34.6 Å².